The van der Waals surface area contributed by atoms with Gasteiger partial charge in [0, 0.05) is 26.6 Å². The predicted molar refractivity (Wildman–Crippen MR) is 84.0 cm³/mol. The van der Waals surface area contributed by atoms with Gasteiger partial charge >= 0.3 is 0 Å². The maximum atomic E-state index is 10.5. The molecule has 0 aliphatic heterocycles. The van der Waals surface area contributed by atoms with E-state index >= 15 is 0 Å². The number of hydrogen-bond donors (Lipinski definition) is 2. The summed E-state index contributed by atoms with van der Waals surface area (Å²) in [4.78, 5) is 0. The van der Waals surface area contributed by atoms with Gasteiger partial charge in [0.25, 0.3) is 0 Å². The van der Waals surface area contributed by atoms with E-state index in [1.165, 1.54) is 0 Å². The van der Waals surface area contributed by atoms with Gasteiger partial charge in [0.2, 0.25) is 0 Å². The van der Waals surface area contributed by atoms with Crippen LogP contribution in [0.3, 0.4) is 0 Å². The molecule has 0 saturated carbocycles. The summed E-state index contributed by atoms with van der Waals surface area (Å²) in [5.74, 6) is 0. The third kappa shape index (κ3) is 5.16. The lowest BCUT2D eigenvalue weighted by atomic mass is 9.96. The summed E-state index contributed by atoms with van der Waals surface area (Å²) >= 11 is 3.57. The normalized spacial score (nSPS) is 14.5. The number of nitrogens with one attached hydrogen (secondary N) is 1. The van der Waals surface area contributed by atoms with Crippen LogP contribution in [0.15, 0.2) is 4.47 Å². The zero-order valence-corrected chi connectivity index (χ0v) is 14.5. The van der Waals surface area contributed by atoms with E-state index in [9.17, 15) is 5.11 Å². The monoisotopic (exact) mass is 347 g/mol. The summed E-state index contributed by atoms with van der Waals surface area (Å²) in [5, 5.41) is 18.3. The molecule has 1 rings (SSSR count). The molecule has 116 valence electrons. The number of aromatic nitrogens is 2. The van der Waals surface area contributed by atoms with E-state index in [1.807, 2.05) is 18.5 Å². The Hall–Kier alpha value is -0.430. The first kappa shape index (κ1) is 17.6. The fourth-order valence-electron chi connectivity index (χ4n) is 2.14. The molecular formula is C14H26BrN3O2. The summed E-state index contributed by atoms with van der Waals surface area (Å²) in [7, 11) is 1.68. The molecule has 2 N–H and O–H groups in total. The molecule has 1 unspecified atom stereocenters. The van der Waals surface area contributed by atoms with Crippen LogP contribution in [-0.4, -0.2) is 47.3 Å². The second-order valence-corrected chi connectivity index (χ2v) is 6.12. The van der Waals surface area contributed by atoms with Crippen molar-refractivity contribution in [3.63, 3.8) is 0 Å². The number of methoxy groups -OCH3 is 1. The largest absolute Gasteiger partial charge is 0.390 e. The van der Waals surface area contributed by atoms with E-state index in [2.05, 4.69) is 33.3 Å². The molecule has 1 heterocycles. The zero-order chi connectivity index (χ0) is 15.2. The SMILES string of the molecule is CCn1nc(C)c(Br)c1CC(C)(O)CCNCCOC. The third-order valence-corrected chi connectivity index (χ3v) is 4.36. The van der Waals surface area contributed by atoms with Crippen molar-refractivity contribution in [1.29, 1.82) is 0 Å². The van der Waals surface area contributed by atoms with Crippen molar-refractivity contribution in [2.24, 2.45) is 0 Å². The van der Waals surface area contributed by atoms with E-state index in [1.54, 1.807) is 7.11 Å². The third-order valence-electron chi connectivity index (χ3n) is 3.32. The summed E-state index contributed by atoms with van der Waals surface area (Å²) in [6.07, 6.45) is 1.28. The van der Waals surface area contributed by atoms with Gasteiger partial charge in [0.1, 0.15) is 0 Å². The lowest BCUT2D eigenvalue weighted by Gasteiger charge is -2.24. The maximum Gasteiger partial charge on any atom is 0.0738 e. The van der Waals surface area contributed by atoms with Crippen LogP contribution < -0.4 is 5.32 Å². The van der Waals surface area contributed by atoms with Gasteiger partial charge in [-0.1, -0.05) is 0 Å². The fraction of sp³-hybridized carbons (Fsp3) is 0.786. The Morgan fingerprint density at radius 2 is 2.15 bits per heavy atom. The van der Waals surface area contributed by atoms with Crippen molar-refractivity contribution < 1.29 is 9.84 Å². The minimum absolute atomic E-state index is 0.591. The maximum absolute atomic E-state index is 10.5. The standard InChI is InChI=1S/C14H26BrN3O2/c1-5-18-12(13(15)11(2)17-18)10-14(3,19)6-7-16-8-9-20-4/h16,19H,5-10H2,1-4H3. The van der Waals surface area contributed by atoms with Crippen molar-refractivity contribution in [2.45, 2.75) is 45.8 Å². The lowest BCUT2D eigenvalue weighted by Crippen LogP contribution is -2.34. The lowest BCUT2D eigenvalue weighted by molar-refractivity contribution is 0.0488. The molecule has 1 aromatic heterocycles. The Morgan fingerprint density at radius 3 is 2.75 bits per heavy atom. The van der Waals surface area contributed by atoms with Crippen LogP contribution >= 0.6 is 15.9 Å². The van der Waals surface area contributed by atoms with Crippen molar-refractivity contribution in [1.82, 2.24) is 15.1 Å². The van der Waals surface area contributed by atoms with Crippen LogP contribution in [-0.2, 0) is 17.7 Å². The van der Waals surface area contributed by atoms with E-state index in [0.717, 1.165) is 35.5 Å². The smallest absolute Gasteiger partial charge is 0.0738 e. The topological polar surface area (TPSA) is 59.3 Å². The van der Waals surface area contributed by atoms with Gasteiger partial charge in [0.15, 0.2) is 0 Å². The Kier molecular flexibility index (Phi) is 7.15. The summed E-state index contributed by atoms with van der Waals surface area (Å²) in [6, 6.07) is 0. The molecule has 0 bridgehead atoms. The van der Waals surface area contributed by atoms with Crippen molar-refractivity contribution >= 4 is 15.9 Å². The number of aliphatic hydroxyl groups is 1. The van der Waals surface area contributed by atoms with Crippen LogP contribution in [0.1, 0.15) is 31.7 Å². The molecule has 0 amide bonds. The molecule has 0 aromatic carbocycles. The van der Waals surface area contributed by atoms with Gasteiger partial charge in [-0.2, -0.15) is 5.10 Å². The average molecular weight is 348 g/mol. The Labute approximate surface area is 129 Å². The number of halogens is 1. The molecule has 5 nitrogen and oxygen atoms in total. The van der Waals surface area contributed by atoms with Gasteiger partial charge in [-0.05, 0) is 49.7 Å². The molecule has 20 heavy (non-hydrogen) atoms. The predicted octanol–water partition coefficient (Wildman–Crippen LogP) is 1.89. The number of nitrogens with zero attached hydrogens (tertiary/aromatic N) is 2. The van der Waals surface area contributed by atoms with Crippen LogP contribution in [0, 0.1) is 6.92 Å². The second kappa shape index (κ2) is 8.12. The quantitative estimate of drug-likeness (QED) is 0.669. The van der Waals surface area contributed by atoms with E-state index < -0.39 is 5.60 Å². The molecule has 0 spiro atoms. The van der Waals surface area contributed by atoms with Gasteiger partial charge in [0.05, 0.1) is 28.1 Å². The Balaban J connectivity index is 2.57. The second-order valence-electron chi connectivity index (χ2n) is 5.33. The molecule has 0 radical (unpaired) electrons. The average Bonchev–Trinajstić information content (AvgIpc) is 2.65. The number of rotatable bonds is 9. The molecule has 1 atom stereocenters. The van der Waals surface area contributed by atoms with Gasteiger partial charge in [-0.15, -0.1) is 0 Å². The van der Waals surface area contributed by atoms with Crippen LogP contribution in [0.25, 0.3) is 0 Å². The number of aryl methyl sites for hydroxylation is 2. The molecule has 0 saturated heterocycles. The first-order valence-electron chi connectivity index (χ1n) is 7.05. The molecule has 0 aliphatic carbocycles. The molecule has 6 heteroatoms. The highest BCUT2D eigenvalue weighted by Gasteiger charge is 2.25. The number of ether oxygens (including phenoxy) is 1. The zero-order valence-electron chi connectivity index (χ0n) is 12.9. The molecule has 1 aromatic rings. The fourth-order valence-corrected chi connectivity index (χ4v) is 2.57. The van der Waals surface area contributed by atoms with E-state index in [0.29, 0.717) is 19.4 Å². The molecular weight excluding hydrogens is 322 g/mol. The summed E-state index contributed by atoms with van der Waals surface area (Å²) in [6.45, 7) is 8.98. The summed E-state index contributed by atoms with van der Waals surface area (Å²) in [5.41, 5.74) is 1.28. The molecule has 0 aliphatic rings. The van der Waals surface area contributed by atoms with Crippen molar-refractivity contribution in [3.05, 3.63) is 15.9 Å². The first-order valence-corrected chi connectivity index (χ1v) is 7.84. The van der Waals surface area contributed by atoms with Gasteiger partial charge in [-0.25, -0.2) is 0 Å². The van der Waals surface area contributed by atoms with E-state index in [4.69, 9.17) is 4.74 Å². The minimum Gasteiger partial charge on any atom is -0.390 e. The highest BCUT2D eigenvalue weighted by molar-refractivity contribution is 9.10. The van der Waals surface area contributed by atoms with Crippen molar-refractivity contribution in [2.75, 3.05) is 26.8 Å². The van der Waals surface area contributed by atoms with Crippen LogP contribution in [0.5, 0.6) is 0 Å². The number of hydrogen-bond acceptors (Lipinski definition) is 4. The Bertz CT molecular complexity index is 419. The van der Waals surface area contributed by atoms with E-state index in [-0.39, 0.29) is 0 Å². The van der Waals surface area contributed by atoms with Crippen LogP contribution in [0.4, 0.5) is 0 Å². The van der Waals surface area contributed by atoms with Crippen molar-refractivity contribution in [3.8, 4) is 0 Å². The van der Waals surface area contributed by atoms with Gasteiger partial charge < -0.3 is 15.2 Å². The highest BCUT2D eigenvalue weighted by atomic mass is 79.9. The summed E-state index contributed by atoms with van der Waals surface area (Å²) < 4.78 is 7.93. The Morgan fingerprint density at radius 1 is 1.45 bits per heavy atom. The minimum atomic E-state index is -0.748. The van der Waals surface area contributed by atoms with Crippen LogP contribution in [0.2, 0.25) is 0 Å². The van der Waals surface area contributed by atoms with Gasteiger partial charge in [-0.3, -0.25) is 4.68 Å². The first-order chi connectivity index (χ1) is 9.41. The molecule has 0 fully saturated rings. The highest BCUT2D eigenvalue weighted by Crippen LogP contribution is 2.26.